The van der Waals surface area contributed by atoms with E-state index in [-0.39, 0.29) is 29.3 Å². The van der Waals surface area contributed by atoms with Crippen LogP contribution in [0.25, 0.3) is 0 Å². The lowest BCUT2D eigenvalue weighted by Gasteiger charge is -2.38. The number of phenolic OH excluding ortho intramolecular Hbond substituents is 1. The van der Waals surface area contributed by atoms with Crippen molar-refractivity contribution in [3.63, 3.8) is 0 Å². The standard InChI is InChI=1S/C21H30N2O4/c1-15-2-3-19(25)18(10-15)20(26)23-8-5-21(6-9-23)11-17(27-14-21)13-22-7-4-16(24)12-22/h2-3,10,16-17,24-25H,4-9,11-14H2,1H3/t16-,17-/m1/s1. The number of likely N-dealkylation sites (tertiary alicyclic amines) is 2. The lowest BCUT2D eigenvalue weighted by molar-refractivity contribution is 0.0449. The largest absolute Gasteiger partial charge is 0.507 e. The Labute approximate surface area is 160 Å². The van der Waals surface area contributed by atoms with Crippen molar-refractivity contribution >= 4 is 5.91 Å². The molecular formula is C21H30N2O4. The number of rotatable bonds is 3. The smallest absolute Gasteiger partial charge is 0.257 e. The number of hydrogen-bond acceptors (Lipinski definition) is 5. The zero-order valence-electron chi connectivity index (χ0n) is 16.1. The number of benzene rings is 1. The topological polar surface area (TPSA) is 73.2 Å². The number of hydrogen-bond donors (Lipinski definition) is 2. The van der Waals surface area contributed by atoms with E-state index in [1.807, 2.05) is 17.9 Å². The number of aliphatic hydroxyl groups is 1. The van der Waals surface area contributed by atoms with Crippen LogP contribution in [0.3, 0.4) is 0 Å². The number of ether oxygens (including phenoxy) is 1. The Hall–Kier alpha value is -1.63. The third-order valence-corrected chi connectivity index (χ3v) is 6.49. The van der Waals surface area contributed by atoms with E-state index in [0.717, 1.165) is 57.5 Å². The van der Waals surface area contributed by atoms with Crippen LogP contribution >= 0.6 is 0 Å². The number of carbonyl (C=O) groups is 1. The normalized spacial score (nSPS) is 28.1. The zero-order chi connectivity index (χ0) is 19.0. The van der Waals surface area contributed by atoms with E-state index in [1.165, 1.54) is 0 Å². The Balaban J connectivity index is 1.32. The Morgan fingerprint density at radius 1 is 1.30 bits per heavy atom. The van der Waals surface area contributed by atoms with Gasteiger partial charge in [0.05, 0.1) is 24.4 Å². The number of aryl methyl sites for hydroxylation is 1. The van der Waals surface area contributed by atoms with E-state index in [2.05, 4.69) is 4.90 Å². The van der Waals surface area contributed by atoms with Crippen LogP contribution in [0.15, 0.2) is 18.2 Å². The van der Waals surface area contributed by atoms with Crippen molar-refractivity contribution in [3.05, 3.63) is 29.3 Å². The highest BCUT2D eigenvalue weighted by Crippen LogP contribution is 2.42. The summed E-state index contributed by atoms with van der Waals surface area (Å²) in [6, 6.07) is 5.17. The average Bonchev–Trinajstić information content (AvgIpc) is 3.24. The lowest BCUT2D eigenvalue weighted by Crippen LogP contribution is -2.43. The zero-order valence-corrected chi connectivity index (χ0v) is 16.1. The minimum absolute atomic E-state index is 0.0583. The van der Waals surface area contributed by atoms with Crippen molar-refractivity contribution < 1.29 is 19.7 Å². The molecule has 3 aliphatic rings. The summed E-state index contributed by atoms with van der Waals surface area (Å²) in [4.78, 5) is 17.0. The van der Waals surface area contributed by atoms with E-state index in [1.54, 1.807) is 12.1 Å². The molecule has 2 atom stereocenters. The molecular weight excluding hydrogens is 344 g/mol. The van der Waals surface area contributed by atoms with Gasteiger partial charge in [-0.2, -0.15) is 0 Å². The van der Waals surface area contributed by atoms with E-state index in [9.17, 15) is 15.0 Å². The van der Waals surface area contributed by atoms with Crippen LogP contribution in [0.4, 0.5) is 0 Å². The number of carbonyl (C=O) groups excluding carboxylic acids is 1. The van der Waals surface area contributed by atoms with Gasteiger partial charge in [-0.25, -0.2) is 0 Å². The Kier molecular flexibility index (Phi) is 5.14. The van der Waals surface area contributed by atoms with Crippen LogP contribution < -0.4 is 0 Å². The fourth-order valence-electron chi connectivity index (χ4n) is 4.80. The summed E-state index contributed by atoms with van der Waals surface area (Å²) in [5.41, 5.74) is 1.55. The van der Waals surface area contributed by atoms with E-state index in [0.29, 0.717) is 18.7 Å². The van der Waals surface area contributed by atoms with Gasteiger partial charge in [-0.15, -0.1) is 0 Å². The number of amides is 1. The van der Waals surface area contributed by atoms with Gasteiger partial charge in [0.25, 0.3) is 5.91 Å². The minimum Gasteiger partial charge on any atom is -0.507 e. The van der Waals surface area contributed by atoms with Gasteiger partial charge in [0.1, 0.15) is 5.75 Å². The second kappa shape index (κ2) is 7.41. The summed E-state index contributed by atoms with van der Waals surface area (Å²) < 4.78 is 6.09. The first-order valence-corrected chi connectivity index (χ1v) is 10.1. The first-order valence-electron chi connectivity index (χ1n) is 10.1. The van der Waals surface area contributed by atoms with Crippen LogP contribution in [0.5, 0.6) is 5.75 Å². The summed E-state index contributed by atoms with van der Waals surface area (Å²) in [5, 5.41) is 19.7. The molecule has 148 valence electrons. The Bertz CT molecular complexity index is 699. The fourth-order valence-corrected chi connectivity index (χ4v) is 4.80. The summed E-state index contributed by atoms with van der Waals surface area (Å²) in [6.45, 7) is 6.74. The summed E-state index contributed by atoms with van der Waals surface area (Å²) in [7, 11) is 0. The molecule has 4 rings (SSSR count). The van der Waals surface area contributed by atoms with Crippen LogP contribution in [0, 0.1) is 12.3 Å². The van der Waals surface area contributed by atoms with Crippen molar-refractivity contribution in [3.8, 4) is 5.75 Å². The van der Waals surface area contributed by atoms with Crippen LogP contribution in [-0.4, -0.2) is 77.5 Å². The number of aromatic hydroxyl groups is 1. The molecule has 2 N–H and O–H groups in total. The first-order chi connectivity index (χ1) is 12.9. The molecule has 1 aromatic carbocycles. The third kappa shape index (κ3) is 3.98. The van der Waals surface area contributed by atoms with E-state index in [4.69, 9.17) is 4.74 Å². The predicted molar refractivity (Wildman–Crippen MR) is 102 cm³/mol. The predicted octanol–water partition coefficient (Wildman–Crippen LogP) is 1.78. The molecule has 27 heavy (non-hydrogen) atoms. The molecule has 0 radical (unpaired) electrons. The second-order valence-corrected chi connectivity index (χ2v) is 8.65. The average molecular weight is 374 g/mol. The molecule has 3 heterocycles. The first kappa shape index (κ1) is 18.7. The summed E-state index contributed by atoms with van der Waals surface area (Å²) in [6.07, 6.45) is 3.85. The number of nitrogens with zero attached hydrogens (tertiary/aromatic N) is 2. The van der Waals surface area contributed by atoms with Gasteiger partial charge < -0.3 is 19.8 Å². The van der Waals surface area contributed by atoms with Crippen LogP contribution in [-0.2, 0) is 4.74 Å². The molecule has 6 heteroatoms. The minimum atomic E-state index is -0.187. The number of phenols is 1. The molecule has 3 fully saturated rings. The highest BCUT2D eigenvalue weighted by Gasteiger charge is 2.44. The van der Waals surface area contributed by atoms with Gasteiger partial charge in [-0.3, -0.25) is 9.69 Å². The fraction of sp³-hybridized carbons (Fsp3) is 0.667. The van der Waals surface area contributed by atoms with Gasteiger partial charge in [0.2, 0.25) is 0 Å². The molecule has 0 unspecified atom stereocenters. The highest BCUT2D eigenvalue weighted by molar-refractivity contribution is 5.97. The van der Waals surface area contributed by atoms with Crippen molar-refractivity contribution in [1.82, 2.24) is 9.80 Å². The van der Waals surface area contributed by atoms with Crippen molar-refractivity contribution in [2.45, 2.75) is 44.8 Å². The quantitative estimate of drug-likeness (QED) is 0.844. The Morgan fingerprint density at radius 2 is 2.07 bits per heavy atom. The van der Waals surface area contributed by atoms with Gasteiger partial charge in [0, 0.05) is 32.7 Å². The van der Waals surface area contributed by atoms with Gasteiger partial charge in [0.15, 0.2) is 0 Å². The molecule has 3 saturated heterocycles. The molecule has 1 aromatic rings. The van der Waals surface area contributed by atoms with Crippen LogP contribution in [0.2, 0.25) is 0 Å². The third-order valence-electron chi connectivity index (χ3n) is 6.49. The van der Waals surface area contributed by atoms with E-state index >= 15 is 0 Å². The highest BCUT2D eigenvalue weighted by atomic mass is 16.5. The molecule has 0 aromatic heterocycles. The van der Waals surface area contributed by atoms with E-state index < -0.39 is 0 Å². The second-order valence-electron chi connectivity index (χ2n) is 8.65. The lowest BCUT2D eigenvalue weighted by atomic mass is 9.76. The monoisotopic (exact) mass is 374 g/mol. The van der Waals surface area contributed by atoms with Crippen molar-refractivity contribution in [2.75, 3.05) is 39.3 Å². The van der Waals surface area contributed by atoms with Gasteiger partial charge in [-0.05, 0) is 50.2 Å². The molecule has 6 nitrogen and oxygen atoms in total. The molecule has 0 saturated carbocycles. The van der Waals surface area contributed by atoms with Gasteiger partial charge >= 0.3 is 0 Å². The van der Waals surface area contributed by atoms with Crippen molar-refractivity contribution in [2.24, 2.45) is 5.41 Å². The van der Waals surface area contributed by atoms with Crippen LogP contribution in [0.1, 0.15) is 41.6 Å². The Morgan fingerprint density at radius 3 is 2.78 bits per heavy atom. The maximum absolute atomic E-state index is 12.8. The maximum atomic E-state index is 12.8. The number of aliphatic hydroxyl groups excluding tert-OH is 1. The molecule has 0 aliphatic carbocycles. The molecule has 0 bridgehead atoms. The number of β-amino-alcohol motifs (C(OH)–C–C–N with tert-alkyl or cyclic N) is 1. The summed E-state index contributed by atoms with van der Waals surface area (Å²) in [5.74, 6) is -0.0180. The molecule has 1 amide bonds. The SMILES string of the molecule is Cc1ccc(O)c(C(=O)N2CCC3(CC2)CO[C@@H](CN2CC[C@@H](O)C2)C3)c1. The maximum Gasteiger partial charge on any atom is 0.257 e. The molecule has 3 aliphatic heterocycles. The summed E-state index contributed by atoms with van der Waals surface area (Å²) >= 11 is 0. The molecule has 1 spiro atoms. The van der Waals surface area contributed by atoms with Gasteiger partial charge in [-0.1, -0.05) is 11.6 Å². The number of piperidine rings is 1. The van der Waals surface area contributed by atoms with Crippen molar-refractivity contribution in [1.29, 1.82) is 0 Å².